The number of nitrogens with zero attached hydrogens (tertiary/aromatic N) is 1. The highest BCUT2D eigenvalue weighted by atomic mass is 31.2. The summed E-state index contributed by atoms with van der Waals surface area (Å²) < 4.78 is 91.8. The molecule has 1 aliphatic rings. The van der Waals surface area contributed by atoms with Crippen LogP contribution in [0.1, 0.15) is 25.1 Å². The molecule has 0 aliphatic carbocycles. The zero-order chi connectivity index (χ0) is 31.4. The summed E-state index contributed by atoms with van der Waals surface area (Å²) >= 11 is 0. The molecule has 43 heavy (non-hydrogen) atoms. The molecule has 2 heterocycles. The Hall–Kier alpha value is -3.82. The van der Waals surface area contributed by atoms with Crippen LogP contribution in [0.4, 0.5) is 17.6 Å². The van der Waals surface area contributed by atoms with E-state index in [9.17, 15) is 41.6 Å². The number of aromatic amines is 1. The first-order valence-corrected chi connectivity index (χ1v) is 14.2. The lowest BCUT2D eigenvalue weighted by molar-refractivity contribution is -0.237. The number of hydrogen-bond donors (Lipinski definition) is 3. The molecule has 4 rings (SSSR count). The standard InChI is InChI=1S/C26H26F4N3O9P/c1-15(24(36)39-14-16-8-4-2-5-9-16)32-43(38,41-17-10-6-3-7-11-17)42-22(26(28,29)30)21-19(34)12-20(40-21)33-13-18(27)23(35)31-25(33)37/h2-11,13,15,19-22,34H,12,14H2,1H3,(H,32,38)(H,31,35,37)/t15-,19?,20+,21-,22-,43-/m0/s1. The summed E-state index contributed by atoms with van der Waals surface area (Å²) in [4.78, 5) is 37.7. The van der Waals surface area contributed by atoms with E-state index in [0.717, 1.165) is 6.92 Å². The molecule has 1 fully saturated rings. The molecule has 0 spiro atoms. The Balaban J connectivity index is 1.58. The number of aliphatic hydroxyl groups excluding tert-OH is 1. The molecule has 12 nitrogen and oxygen atoms in total. The van der Waals surface area contributed by atoms with Crippen molar-refractivity contribution in [3.63, 3.8) is 0 Å². The van der Waals surface area contributed by atoms with Crippen LogP contribution in [0.2, 0.25) is 0 Å². The second-order valence-corrected chi connectivity index (χ2v) is 11.1. The second kappa shape index (κ2) is 13.2. The minimum atomic E-state index is -5.35. The van der Waals surface area contributed by atoms with Crippen molar-refractivity contribution in [3.05, 3.63) is 99.1 Å². The highest BCUT2D eigenvalue weighted by Gasteiger charge is 2.56. The summed E-state index contributed by atoms with van der Waals surface area (Å²) in [5, 5.41) is 12.6. The fourth-order valence-electron chi connectivity index (χ4n) is 4.09. The van der Waals surface area contributed by atoms with Gasteiger partial charge in [0.2, 0.25) is 5.82 Å². The number of esters is 1. The molecular weight excluding hydrogens is 605 g/mol. The number of alkyl halides is 3. The Bertz CT molecular complexity index is 1570. The summed E-state index contributed by atoms with van der Waals surface area (Å²) in [6.45, 7) is 0.976. The van der Waals surface area contributed by atoms with Gasteiger partial charge in [-0.2, -0.15) is 22.6 Å². The van der Waals surface area contributed by atoms with Gasteiger partial charge in [-0.05, 0) is 24.6 Å². The zero-order valence-corrected chi connectivity index (χ0v) is 23.2. The average molecular weight is 631 g/mol. The number of ether oxygens (including phenoxy) is 2. The van der Waals surface area contributed by atoms with Crippen LogP contribution in [-0.2, 0) is 30.0 Å². The van der Waals surface area contributed by atoms with Crippen LogP contribution in [0.3, 0.4) is 0 Å². The summed E-state index contributed by atoms with van der Waals surface area (Å²) in [6, 6.07) is 13.9. The van der Waals surface area contributed by atoms with E-state index in [1.54, 1.807) is 41.4 Å². The van der Waals surface area contributed by atoms with Gasteiger partial charge in [0.15, 0.2) is 6.10 Å². The lowest BCUT2D eigenvalue weighted by atomic mass is 10.1. The van der Waals surface area contributed by atoms with Crippen LogP contribution in [0.25, 0.3) is 0 Å². The lowest BCUT2D eigenvalue weighted by Crippen LogP contribution is -2.48. The largest absolute Gasteiger partial charge is 0.460 e. The fraction of sp³-hybridized carbons (Fsp3) is 0.346. The van der Waals surface area contributed by atoms with Crippen LogP contribution in [0.5, 0.6) is 5.75 Å². The van der Waals surface area contributed by atoms with E-state index in [2.05, 4.69) is 5.09 Å². The van der Waals surface area contributed by atoms with Crippen molar-refractivity contribution < 1.29 is 50.5 Å². The van der Waals surface area contributed by atoms with Gasteiger partial charge in [0.05, 0.1) is 12.3 Å². The number of aromatic nitrogens is 2. The molecule has 3 aromatic rings. The van der Waals surface area contributed by atoms with Crippen molar-refractivity contribution in [2.75, 3.05) is 0 Å². The van der Waals surface area contributed by atoms with Gasteiger partial charge < -0.3 is 19.1 Å². The summed E-state index contributed by atoms with van der Waals surface area (Å²) in [5.41, 5.74) is -1.96. The zero-order valence-electron chi connectivity index (χ0n) is 22.3. The highest BCUT2D eigenvalue weighted by Crippen LogP contribution is 2.50. The van der Waals surface area contributed by atoms with E-state index in [-0.39, 0.29) is 12.4 Å². The van der Waals surface area contributed by atoms with Crippen molar-refractivity contribution in [1.82, 2.24) is 14.6 Å². The Morgan fingerprint density at radius 2 is 1.79 bits per heavy atom. The number of carbonyl (C=O) groups is 1. The van der Waals surface area contributed by atoms with Crippen LogP contribution >= 0.6 is 7.75 Å². The average Bonchev–Trinajstić information content (AvgIpc) is 3.33. The molecule has 1 aromatic heterocycles. The Morgan fingerprint density at radius 1 is 1.16 bits per heavy atom. The molecule has 0 radical (unpaired) electrons. The number of benzene rings is 2. The van der Waals surface area contributed by atoms with Crippen molar-refractivity contribution >= 4 is 13.7 Å². The van der Waals surface area contributed by atoms with E-state index < -0.39 is 74.0 Å². The van der Waals surface area contributed by atoms with Crippen molar-refractivity contribution in [3.8, 4) is 5.75 Å². The minimum absolute atomic E-state index is 0.185. The van der Waals surface area contributed by atoms with Crippen LogP contribution in [-0.4, -0.2) is 51.2 Å². The third kappa shape index (κ3) is 8.18. The Labute approximate surface area is 240 Å². The van der Waals surface area contributed by atoms with Gasteiger partial charge >= 0.3 is 25.6 Å². The molecule has 6 atom stereocenters. The van der Waals surface area contributed by atoms with Crippen LogP contribution in [0, 0.1) is 5.82 Å². The van der Waals surface area contributed by atoms with Crippen molar-refractivity contribution in [2.45, 2.75) is 56.7 Å². The van der Waals surface area contributed by atoms with Crippen molar-refractivity contribution in [1.29, 1.82) is 0 Å². The van der Waals surface area contributed by atoms with E-state index in [1.807, 2.05) is 0 Å². The number of H-pyrrole nitrogens is 1. The first kappa shape index (κ1) is 32.1. The third-order valence-corrected chi connectivity index (χ3v) is 7.80. The smallest absolute Gasteiger partial charge is 0.460 e. The number of halogens is 4. The predicted octanol–water partition coefficient (Wildman–Crippen LogP) is 3.18. The van der Waals surface area contributed by atoms with E-state index in [0.29, 0.717) is 16.3 Å². The van der Waals surface area contributed by atoms with Crippen molar-refractivity contribution in [2.24, 2.45) is 0 Å². The maximum atomic E-state index is 14.4. The number of nitrogens with one attached hydrogen (secondary N) is 2. The van der Waals surface area contributed by atoms with Gasteiger partial charge in [-0.3, -0.25) is 23.7 Å². The predicted molar refractivity (Wildman–Crippen MR) is 140 cm³/mol. The molecular formula is C26H26F4N3O9P. The summed E-state index contributed by atoms with van der Waals surface area (Å²) in [6.07, 6.45) is -14.7. The Morgan fingerprint density at radius 3 is 2.42 bits per heavy atom. The quantitative estimate of drug-likeness (QED) is 0.163. The minimum Gasteiger partial charge on any atom is -0.460 e. The van der Waals surface area contributed by atoms with E-state index >= 15 is 0 Å². The topological polar surface area (TPSA) is 158 Å². The molecule has 3 N–H and O–H groups in total. The van der Waals surface area contributed by atoms with E-state index in [4.69, 9.17) is 18.5 Å². The molecule has 17 heteroatoms. The first-order valence-electron chi connectivity index (χ1n) is 12.7. The van der Waals surface area contributed by atoms with E-state index in [1.165, 1.54) is 24.3 Å². The van der Waals surface area contributed by atoms with Gasteiger partial charge in [-0.15, -0.1) is 0 Å². The monoisotopic (exact) mass is 631 g/mol. The van der Waals surface area contributed by atoms with Gasteiger partial charge in [0.1, 0.15) is 30.7 Å². The van der Waals surface area contributed by atoms with Gasteiger partial charge in [-0.25, -0.2) is 9.36 Å². The number of para-hydroxylation sites is 1. The molecule has 1 saturated heterocycles. The highest BCUT2D eigenvalue weighted by molar-refractivity contribution is 7.52. The lowest BCUT2D eigenvalue weighted by Gasteiger charge is -2.31. The van der Waals surface area contributed by atoms with Crippen LogP contribution < -0.4 is 20.9 Å². The number of rotatable bonds is 11. The van der Waals surface area contributed by atoms with Crippen LogP contribution in [0.15, 0.2) is 76.4 Å². The Kier molecular flexibility index (Phi) is 9.87. The third-order valence-electron chi connectivity index (χ3n) is 6.14. The summed E-state index contributed by atoms with van der Waals surface area (Å²) in [7, 11) is -5.13. The normalized spacial score (nSPS) is 21.5. The maximum absolute atomic E-state index is 14.4. The molecule has 1 unspecified atom stereocenters. The number of hydrogen-bond acceptors (Lipinski definition) is 9. The molecule has 0 saturated carbocycles. The first-order chi connectivity index (χ1) is 20.3. The molecule has 1 aliphatic heterocycles. The maximum Gasteiger partial charge on any atom is 0.460 e. The van der Waals surface area contributed by atoms with Gasteiger partial charge in [0.25, 0.3) is 5.56 Å². The SMILES string of the molecule is C[C@H](N[P@](=O)(Oc1ccccc1)O[C@@H]([C@H]1O[C@@H](n2cc(F)c(=O)[nH]c2=O)CC1O)C(F)(F)F)C(=O)OCc1ccccc1. The molecule has 2 aromatic carbocycles. The number of carbonyl (C=O) groups excluding carboxylic acids is 1. The molecule has 0 amide bonds. The molecule has 232 valence electrons. The van der Waals surface area contributed by atoms with Gasteiger partial charge in [0, 0.05) is 6.42 Å². The second-order valence-electron chi connectivity index (χ2n) is 9.42. The number of aliphatic hydroxyl groups is 1. The summed E-state index contributed by atoms with van der Waals surface area (Å²) in [5.74, 6) is -2.61. The molecule has 0 bridgehead atoms. The fourth-order valence-corrected chi connectivity index (χ4v) is 5.77. The van der Waals surface area contributed by atoms with Gasteiger partial charge in [-0.1, -0.05) is 48.5 Å².